The molecule has 6 heteroatoms. The van der Waals surface area contributed by atoms with Gasteiger partial charge in [0.15, 0.2) is 13.3 Å². The number of anilines is 1. The van der Waals surface area contributed by atoms with E-state index in [-0.39, 0.29) is 0 Å². The van der Waals surface area contributed by atoms with Crippen molar-refractivity contribution in [2.45, 2.75) is 20.3 Å². The number of rotatable bonds is 4. The van der Waals surface area contributed by atoms with Crippen molar-refractivity contribution in [3.05, 3.63) is 65.4 Å². The quantitative estimate of drug-likeness (QED) is 0.516. The molecule has 4 rings (SSSR count). The number of guanidine groups is 1. The highest BCUT2D eigenvalue weighted by atomic mass is 15.4. The molecule has 1 atom stereocenters. The molecule has 138 valence electrons. The van der Waals surface area contributed by atoms with Gasteiger partial charge in [-0.05, 0) is 31.5 Å². The van der Waals surface area contributed by atoms with E-state index >= 15 is 0 Å². The van der Waals surface area contributed by atoms with Crippen LogP contribution in [0.5, 0.6) is 0 Å². The van der Waals surface area contributed by atoms with Crippen LogP contribution in [0.1, 0.15) is 16.8 Å². The molecule has 0 spiro atoms. The second-order valence-corrected chi connectivity index (χ2v) is 7.10. The summed E-state index contributed by atoms with van der Waals surface area (Å²) in [5.74, 6) is 1.48. The summed E-state index contributed by atoms with van der Waals surface area (Å²) in [7, 11) is 0. The summed E-state index contributed by atoms with van der Waals surface area (Å²) in [6.07, 6.45) is 1.08. The Bertz CT molecular complexity index is 967. The van der Waals surface area contributed by atoms with Crippen LogP contribution in [0.25, 0.3) is 10.9 Å². The minimum atomic E-state index is 0.617. The molecule has 0 amide bonds. The van der Waals surface area contributed by atoms with Gasteiger partial charge < -0.3 is 0 Å². The third kappa shape index (κ3) is 4.23. The number of hydrogen-bond donors (Lipinski definition) is 4. The number of hydrogen-bond acceptors (Lipinski definition) is 4. The Morgan fingerprint density at radius 1 is 1.11 bits per heavy atom. The van der Waals surface area contributed by atoms with Crippen LogP contribution in [-0.2, 0) is 6.42 Å². The fourth-order valence-corrected chi connectivity index (χ4v) is 3.35. The van der Waals surface area contributed by atoms with Crippen molar-refractivity contribution in [3.63, 3.8) is 0 Å². The lowest BCUT2D eigenvalue weighted by Gasteiger charge is -2.20. The Kier molecular flexibility index (Phi) is 4.98. The molecule has 4 N–H and O–H groups in total. The smallest absolute Gasteiger partial charge is 0.276 e. The van der Waals surface area contributed by atoms with E-state index in [4.69, 9.17) is 0 Å². The summed E-state index contributed by atoms with van der Waals surface area (Å²) in [5.41, 5.74) is 4.55. The average Bonchev–Trinajstić information content (AvgIpc) is 2.69. The zero-order valence-electron chi connectivity index (χ0n) is 15.8. The van der Waals surface area contributed by atoms with E-state index in [9.17, 15) is 0 Å². The van der Waals surface area contributed by atoms with Crippen LogP contribution in [0.15, 0.2) is 48.5 Å². The van der Waals surface area contributed by atoms with E-state index in [0.29, 0.717) is 5.95 Å². The molecule has 0 saturated carbocycles. The first kappa shape index (κ1) is 17.4. The first-order valence-electron chi connectivity index (χ1n) is 9.41. The van der Waals surface area contributed by atoms with Gasteiger partial charge in [0, 0.05) is 11.8 Å². The van der Waals surface area contributed by atoms with Gasteiger partial charge in [0.1, 0.15) is 0 Å². The van der Waals surface area contributed by atoms with Crippen molar-refractivity contribution >= 4 is 22.8 Å². The third-order valence-electron chi connectivity index (χ3n) is 4.92. The number of aromatic nitrogens is 2. The van der Waals surface area contributed by atoms with E-state index in [1.807, 2.05) is 13.0 Å². The molecule has 3 aromatic rings. The minimum Gasteiger partial charge on any atom is -0.276 e. The van der Waals surface area contributed by atoms with Crippen LogP contribution in [-0.4, -0.2) is 35.8 Å². The Balaban J connectivity index is 1.38. The SMILES string of the molecule is Cc1ccc2nc(NC3=[NH+]C[NH+](CCc4ccccc4)CN3)nc(C)c2c1. The number of nitrogens with one attached hydrogen (secondary N) is 4. The third-order valence-corrected chi connectivity index (χ3v) is 4.92. The van der Waals surface area contributed by atoms with Gasteiger partial charge in [-0.15, -0.1) is 0 Å². The zero-order valence-corrected chi connectivity index (χ0v) is 15.8. The molecule has 2 aromatic carbocycles. The molecule has 27 heavy (non-hydrogen) atoms. The molecule has 2 heterocycles. The van der Waals surface area contributed by atoms with E-state index < -0.39 is 0 Å². The molecular weight excluding hydrogens is 336 g/mol. The summed E-state index contributed by atoms with van der Waals surface area (Å²) >= 11 is 0. The summed E-state index contributed by atoms with van der Waals surface area (Å²) in [6, 6.07) is 16.9. The summed E-state index contributed by atoms with van der Waals surface area (Å²) in [5, 5.41) is 7.79. The second-order valence-electron chi connectivity index (χ2n) is 7.10. The maximum absolute atomic E-state index is 4.64. The fourth-order valence-electron chi connectivity index (χ4n) is 3.35. The van der Waals surface area contributed by atoms with E-state index in [2.05, 4.69) is 75.0 Å². The van der Waals surface area contributed by atoms with Crippen LogP contribution in [0, 0.1) is 13.8 Å². The van der Waals surface area contributed by atoms with Crippen molar-refractivity contribution < 1.29 is 9.89 Å². The van der Waals surface area contributed by atoms with E-state index in [1.165, 1.54) is 16.0 Å². The van der Waals surface area contributed by atoms with Gasteiger partial charge in [0.25, 0.3) is 5.95 Å². The maximum Gasteiger partial charge on any atom is 0.359 e. The molecule has 6 nitrogen and oxygen atoms in total. The van der Waals surface area contributed by atoms with Crippen molar-refractivity contribution in [2.75, 3.05) is 25.2 Å². The Morgan fingerprint density at radius 2 is 1.96 bits per heavy atom. The Labute approximate surface area is 159 Å². The normalized spacial score (nSPS) is 16.7. The summed E-state index contributed by atoms with van der Waals surface area (Å²) in [6.45, 7) is 6.93. The maximum atomic E-state index is 4.64. The van der Waals surface area contributed by atoms with Crippen LogP contribution in [0.4, 0.5) is 5.95 Å². The molecule has 1 aliphatic rings. The fraction of sp³-hybridized carbons (Fsp3) is 0.286. The Hall–Kier alpha value is -2.99. The minimum absolute atomic E-state index is 0.617. The number of nitrogens with zero attached hydrogens (tertiary/aromatic N) is 2. The lowest BCUT2D eigenvalue weighted by molar-refractivity contribution is -0.980. The molecule has 1 unspecified atom stereocenters. The van der Waals surface area contributed by atoms with Gasteiger partial charge >= 0.3 is 5.96 Å². The Morgan fingerprint density at radius 3 is 2.74 bits per heavy atom. The number of aryl methyl sites for hydroxylation is 2. The predicted octanol–water partition coefficient (Wildman–Crippen LogP) is -0.259. The van der Waals surface area contributed by atoms with Gasteiger partial charge in [0.2, 0.25) is 0 Å². The van der Waals surface area contributed by atoms with Crippen molar-refractivity contribution in [3.8, 4) is 0 Å². The predicted molar refractivity (Wildman–Crippen MR) is 107 cm³/mol. The largest absolute Gasteiger partial charge is 0.359 e. The van der Waals surface area contributed by atoms with Crippen LogP contribution >= 0.6 is 0 Å². The van der Waals surface area contributed by atoms with Gasteiger partial charge in [-0.1, -0.05) is 42.0 Å². The standard InChI is InChI=1S/C21H24N6/c1-15-8-9-19-18(12-15)16(2)24-21(25-19)26-20-22-13-27(14-23-20)11-10-17-6-4-3-5-7-17/h3-9,12H,10-11,13-14H2,1-2H3,(H2,22,23,24,25,26)/p+2. The van der Waals surface area contributed by atoms with Gasteiger partial charge in [-0.25, -0.2) is 20.6 Å². The lowest BCUT2D eigenvalue weighted by atomic mass is 10.1. The highest BCUT2D eigenvalue weighted by molar-refractivity contribution is 5.89. The molecule has 0 radical (unpaired) electrons. The second kappa shape index (κ2) is 7.72. The number of quaternary nitrogens is 1. The first-order chi connectivity index (χ1) is 13.2. The average molecular weight is 362 g/mol. The van der Waals surface area contributed by atoms with Gasteiger partial charge in [0.05, 0.1) is 17.8 Å². The van der Waals surface area contributed by atoms with Crippen molar-refractivity contribution in [1.82, 2.24) is 15.3 Å². The van der Waals surface area contributed by atoms with Gasteiger partial charge in [-0.2, -0.15) is 4.98 Å². The molecule has 0 fully saturated rings. The van der Waals surface area contributed by atoms with Crippen LogP contribution in [0.3, 0.4) is 0 Å². The van der Waals surface area contributed by atoms with Crippen molar-refractivity contribution in [1.29, 1.82) is 0 Å². The molecule has 0 aliphatic carbocycles. The highest BCUT2D eigenvalue weighted by Gasteiger charge is 2.21. The lowest BCUT2D eigenvalue weighted by Crippen LogP contribution is -3.24. The molecule has 1 aliphatic heterocycles. The van der Waals surface area contributed by atoms with Crippen LogP contribution in [0.2, 0.25) is 0 Å². The number of fused-ring (bicyclic) bond motifs is 1. The zero-order chi connectivity index (χ0) is 18.6. The summed E-state index contributed by atoms with van der Waals surface area (Å²) < 4.78 is 0. The topological polar surface area (TPSA) is 68.2 Å². The monoisotopic (exact) mass is 362 g/mol. The van der Waals surface area contributed by atoms with Gasteiger partial charge in [-0.3, -0.25) is 4.90 Å². The van der Waals surface area contributed by atoms with Crippen molar-refractivity contribution in [2.24, 2.45) is 0 Å². The molecule has 0 saturated heterocycles. The molecular formula is C21H26N6+2. The summed E-state index contributed by atoms with van der Waals surface area (Å²) in [4.78, 5) is 14.1. The van der Waals surface area contributed by atoms with E-state index in [0.717, 1.165) is 48.9 Å². The first-order valence-corrected chi connectivity index (χ1v) is 9.41. The highest BCUT2D eigenvalue weighted by Crippen LogP contribution is 2.18. The molecule has 0 bridgehead atoms. The molecule has 1 aromatic heterocycles. The van der Waals surface area contributed by atoms with Crippen LogP contribution < -0.4 is 20.5 Å². The number of benzene rings is 2. The van der Waals surface area contributed by atoms with E-state index in [1.54, 1.807) is 0 Å².